The summed E-state index contributed by atoms with van der Waals surface area (Å²) in [6.45, 7) is 4.83. The Hall–Kier alpha value is -1.36. The van der Waals surface area contributed by atoms with Gasteiger partial charge in [0.15, 0.2) is 0 Å². The largest absolute Gasteiger partial charge is 0.267 e. The molecule has 17 heavy (non-hydrogen) atoms. The van der Waals surface area contributed by atoms with Crippen molar-refractivity contribution >= 4 is 15.9 Å². The lowest BCUT2D eigenvalue weighted by molar-refractivity contribution is 0.576. The Bertz CT molecular complexity index is 549. The van der Waals surface area contributed by atoms with Crippen molar-refractivity contribution in [2.45, 2.75) is 25.2 Å². The van der Waals surface area contributed by atoms with Crippen LogP contribution in [0, 0.1) is 5.92 Å². The normalized spacial score (nSPS) is 20.9. The Kier molecular flexibility index (Phi) is 3.19. The Balaban J connectivity index is 2.35. The summed E-state index contributed by atoms with van der Waals surface area (Å²) in [6, 6.07) is 6.92. The average Bonchev–Trinajstić information content (AvgIpc) is 2.59. The molecule has 0 radical (unpaired) electrons. The number of rotatable bonds is 3. The van der Waals surface area contributed by atoms with E-state index in [2.05, 4.69) is 23.6 Å². The van der Waals surface area contributed by atoms with E-state index in [0.29, 0.717) is 28.8 Å². The highest BCUT2D eigenvalue weighted by Crippen LogP contribution is 2.22. The van der Waals surface area contributed by atoms with Crippen LogP contribution in [-0.4, -0.2) is 20.8 Å². The van der Waals surface area contributed by atoms with E-state index in [1.54, 1.807) is 18.2 Å². The molecule has 5 heteroatoms. The van der Waals surface area contributed by atoms with Crippen LogP contribution in [0.15, 0.2) is 34.2 Å². The van der Waals surface area contributed by atoms with Crippen LogP contribution in [0.3, 0.4) is 0 Å². The maximum absolute atomic E-state index is 11.8. The summed E-state index contributed by atoms with van der Waals surface area (Å²) in [4.78, 5) is 4.68. The molecule has 1 aliphatic heterocycles. The Labute approximate surface area is 102 Å². The number of hydrogen-bond acceptors (Lipinski definition) is 3. The first-order chi connectivity index (χ1) is 8.04. The molecule has 1 atom stereocenters. The molecular formula is C12H16N2O2S. The van der Waals surface area contributed by atoms with Crippen molar-refractivity contribution in [2.75, 3.05) is 6.54 Å². The SMILES string of the molecule is CCC(C)CN=C1NS(=O)(=O)c2ccccc21. The van der Waals surface area contributed by atoms with Gasteiger partial charge in [0.05, 0.1) is 4.90 Å². The number of sulfonamides is 1. The van der Waals surface area contributed by atoms with Crippen molar-refractivity contribution in [3.63, 3.8) is 0 Å². The third kappa shape index (κ3) is 2.34. The summed E-state index contributed by atoms with van der Waals surface area (Å²) in [5.41, 5.74) is 0.677. The second kappa shape index (κ2) is 4.49. The molecule has 0 spiro atoms. The van der Waals surface area contributed by atoms with Gasteiger partial charge in [-0.2, -0.15) is 0 Å². The highest BCUT2D eigenvalue weighted by molar-refractivity contribution is 7.90. The van der Waals surface area contributed by atoms with Crippen LogP contribution in [0.25, 0.3) is 0 Å². The van der Waals surface area contributed by atoms with Crippen molar-refractivity contribution in [3.05, 3.63) is 29.8 Å². The predicted octanol–water partition coefficient (Wildman–Crippen LogP) is 1.77. The highest BCUT2D eigenvalue weighted by atomic mass is 32.2. The maximum atomic E-state index is 11.8. The van der Waals surface area contributed by atoms with Gasteiger partial charge in [0.25, 0.3) is 10.0 Å². The number of nitrogens with one attached hydrogen (secondary N) is 1. The van der Waals surface area contributed by atoms with Crippen LogP contribution < -0.4 is 4.72 Å². The van der Waals surface area contributed by atoms with Crippen LogP contribution in [0.2, 0.25) is 0 Å². The molecule has 0 aromatic heterocycles. The van der Waals surface area contributed by atoms with Gasteiger partial charge in [0.2, 0.25) is 0 Å². The molecule has 1 aromatic carbocycles. The fourth-order valence-electron chi connectivity index (χ4n) is 1.63. The number of hydrogen-bond donors (Lipinski definition) is 1. The molecule has 0 bridgehead atoms. The minimum atomic E-state index is -3.39. The maximum Gasteiger partial charge on any atom is 0.263 e. The van der Waals surface area contributed by atoms with Crippen LogP contribution in [0.4, 0.5) is 0 Å². The molecule has 0 fully saturated rings. The first-order valence-corrected chi connectivity index (χ1v) is 7.19. The molecule has 2 rings (SSSR count). The molecular weight excluding hydrogens is 236 g/mol. The van der Waals surface area contributed by atoms with Crippen molar-refractivity contribution in [1.82, 2.24) is 4.72 Å². The number of nitrogens with zero attached hydrogens (tertiary/aromatic N) is 1. The zero-order valence-corrected chi connectivity index (χ0v) is 10.8. The molecule has 0 saturated heterocycles. The van der Waals surface area contributed by atoms with Crippen LogP contribution in [-0.2, 0) is 10.0 Å². The van der Waals surface area contributed by atoms with Gasteiger partial charge in [-0.25, -0.2) is 8.42 Å². The Morgan fingerprint density at radius 2 is 2.06 bits per heavy atom. The molecule has 0 saturated carbocycles. The summed E-state index contributed by atoms with van der Waals surface area (Å²) in [5, 5.41) is 0. The molecule has 0 amide bonds. The van der Waals surface area contributed by atoms with Crippen LogP contribution in [0.1, 0.15) is 25.8 Å². The molecule has 1 unspecified atom stereocenters. The number of aliphatic imine (C=N–C) groups is 1. The predicted molar refractivity (Wildman–Crippen MR) is 67.6 cm³/mol. The fraction of sp³-hybridized carbons (Fsp3) is 0.417. The van der Waals surface area contributed by atoms with Gasteiger partial charge in [-0.3, -0.25) is 9.71 Å². The molecule has 1 aromatic rings. The number of fused-ring (bicyclic) bond motifs is 1. The highest BCUT2D eigenvalue weighted by Gasteiger charge is 2.29. The van der Waals surface area contributed by atoms with E-state index in [-0.39, 0.29) is 0 Å². The minimum absolute atomic E-state index is 0.322. The van der Waals surface area contributed by atoms with E-state index in [0.717, 1.165) is 6.42 Å². The second-order valence-corrected chi connectivity index (χ2v) is 5.96. The topological polar surface area (TPSA) is 58.5 Å². The Morgan fingerprint density at radius 1 is 1.35 bits per heavy atom. The van der Waals surface area contributed by atoms with Crippen molar-refractivity contribution < 1.29 is 8.42 Å². The molecule has 92 valence electrons. The summed E-state index contributed by atoms with van der Waals surface area (Å²) >= 11 is 0. The standard InChI is InChI=1S/C12H16N2O2S/c1-3-9(2)8-13-12-10-6-4-5-7-11(10)17(15,16)14-12/h4-7,9H,3,8H2,1-2H3,(H,13,14). The summed E-state index contributed by atoms with van der Waals surface area (Å²) < 4.78 is 26.1. The van der Waals surface area contributed by atoms with Crippen molar-refractivity contribution in [3.8, 4) is 0 Å². The fourth-order valence-corrected chi connectivity index (χ4v) is 2.88. The zero-order chi connectivity index (χ0) is 12.5. The number of amidine groups is 1. The smallest absolute Gasteiger partial charge is 0.263 e. The first-order valence-electron chi connectivity index (χ1n) is 5.71. The van der Waals surface area contributed by atoms with Crippen LogP contribution in [0.5, 0.6) is 0 Å². The molecule has 1 aliphatic rings. The van der Waals surface area contributed by atoms with E-state index < -0.39 is 10.0 Å². The van der Waals surface area contributed by atoms with E-state index in [1.165, 1.54) is 0 Å². The van der Waals surface area contributed by atoms with Crippen molar-refractivity contribution in [1.29, 1.82) is 0 Å². The van der Waals surface area contributed by atoms with Gasteiger partial charge >= 0.3 is 0 Å². The number of benzene rings is 1. The average molecular weight is 252 g/mol. The second-order valence-electron chi connectivity index (χ2n) is 4.30. The summed E-state index contributed by atoms with van der Waals surface area (Å²) in [7, 11) is -3.39. The van der Waals surface area contributed by atoms with E-state index in [4.69, 9.17) is 0 Å². The lowest BCUT2D eigenvalue weighted by atomic mass is 10.1. The third-order valence-electron chi connectivity index (χ3n) is 2.92. The van der Waals surface area contributed by atoms with Crippen LogP contribution >= 0.6 is 0 Å². The molecule has 1 heterocycles. The van der Waals surface area contributed by atoms with Gasteiger partial charge in [-0.15, -0.1) is 0 Å². The molecule has 0 aliphatic carbocycles. The third-order valence-corrected chi connectivity index (χ3v) is 4.32. The van der Waals surface area contributed by atoms with Crippen molar-refractivity contribution in [2.24, 2.45) is 10.9 Å². The van der Waals surface area contributed by atoms with Gasteiger partial charge in [-0.05, 0) is 18.1 Å². The lowest BCUT2D eigenvalue weighted by Crippen LogP contribution is -2.22. The quantitative estimate of drug-likeness (QED) is 0.891. The zero-order valence-electron chi connectivity index (χ0n) is 9.97. The van der Waals surface area contributed by atoms with Gasteiger partial charge in [0.1, 0.15) is 5.84 Å². The van der Waals surface area contributed by atoms with Gasteiger partial charge in [-0.1, -0.05) is 32.4 Å². The van der Waals surface area contributed by atoms with E-state index in [9.17, 15) is 8.42 Å². The molecule has 1 N–H and O–H groups in total. The minimum Gasteiger partial charge on any atom is -0.267 e. The molecule has 4 nitrogen and oxygen atoms in total. The van der Waals surface area contributed by atoms with Gasteiger partial charge < -0.3 is 0 Å². The summed E-state index contributed by atoms with van der Waals surface area (Å²) in [5.74, 6) is 0.931. The Morgan fingerprint density at radius 3 is 2.76 bits per heavy atom. The van der Waals surface area contributed by atoms with E-state index in [1.807, 2.05) is 6.07 Å². The monoisotopic (exact) mass is 252 g/mol. The van der Waals surface area contributed by atoms with Gasteiger partial charge in [0, 0.05) is 12.1 Å². The lowest BCUT2D eigenvalue weighted by Gasteiger charge is -2.04. The summed E-state index contributed by atoms with van der Waals surface area (Å²) in [6.07, 6.45) is 1.03. The van der Waals surface area contributed by atoms with E-state index >= 15 is 0 Å². The first kappa shape index (κ1) is 12.1.